The van der Waals surface area contributed by atoms with E-state index in [0.717, 1.165) is 41.9 Å². The van der Waals surface area contributed by atoms with Gasteiger partial charge in [0.2, 0.25) is 5.91 Å². The molecule has 6 heteroatoms. The van der Waals surface area contributed by atoms with E-state index in [9.17, 15) is 4.79 Å². The minimum atomic E-state index is 0.108. The standard InChI is InChI=1S/C23H24N4OS/c28-22(7-3-4-8-23-26-20-5-1-2-6-21(20)29-23)25-15-18-9-11-19(12-10-18)16-27-14-13-24-17-27/h1-2,5-6,9-14,17H,3-4,7-8,15-16H2,(H,25,28). The lowest BCUT2D eigenvalue weighted by Gasteiger charge is -2.07. The molecule has 0 aliphatic carbocycles. The van der Waals surface area contributed by atoms with Gasteiger partial charge in [0.1, 0.15) is 0 Å². The van der Waals surface area contributed by atoms with E-state index in [1.807, 2.05) is 35.3 Å². The number of nitrogens with one attached hydrogen (secondary N) is 1. The molecule has 0 fully saturated rings. The van der Waals surface area contributed by atoms with Gasteiger partial charge in [-0.3, -0.25) is 4.79 Å². The van der Waals surface area contributed by atoms with Gasteiger partial charge in [-0.15, -0.1) is 11.3 Å². The molecule has 0 radical (unpaired) electrons. The van der Waals surface area contributed by atoms with E-state index in [0.29, 0.717) is 13.0 Å². The number of hydrogen-bond acceptors (Lipinski definition) is 4. The normalized spacial score (nSPS) is 11.0. The number of carbonyl (C=O) groups is 1. The second-order valence-corrected chi connectivity index (χ2v) is 8.23. The molecule has 0 atom stereocenters. The van der Waals surface area contributed by atoms with Crippen molar-refractivity contribution in [3.63, 3.8) is 0 Å². The van der Waals surface area contributed by atoms with Crippen molar-refractivity contribution in [1.82, 2.24) is 19.9 Å². The van der Waals surface area contributed by atoms with Crippen LogP contribution in [0.1, 0.15) is 35.4 Å². The third-order valence-corrected chi connectivity index (χ3v) is 5.92. The van der Waals surface area contributed by atoms with E-state index in [2.05, 4.69) is 45.6 Å². The number of rotatable bonds is 9. The number of benzene rings is 2. The third kappa shape index (κ3) is 5.51. The maximum absolute atomic E-state index is 12.1. The molecule has 5 nitrogen and oxygen atoms in total. The summed E-state index contributed by atoms with van der Waals surface area (Å²) in [6, 6.07) is 16.5. The van der Waals surface area contributed by atoms with E-state index in [-0.39, 0.29) is 5.91 Å². The van der Waals surface area contributed by atoms with Gasteiger partial charge in [0.05, 0.1) is 21.6 Å². The second kappa shape index (κ2) is 9.47. The molecule has 29 heavy (non-hydrogen) atoms. The van der Waals surface area contributed by atoms with E-state index >= 15 is 0 Å². The summed E-state index contributed by atoms with van der Waals surface area (Å²) in [4.78, 5) is 20.8. The lowest BCUT2D eigenvalue weighted by atomic mass is 10.1. The molecular weight excluding hydrogens is 380 g/mol. The van der Waals surface area contributed by atoms with E-state index in [1.165, 1.54) is 10.3 Å². The Kier molecular flexibility index (Phi) is 6.32. The van der Waals surface area contributed by atoms with Crippen molar-refractivity contribution >= 4 is 27.5 Å². The number of hydrogen-bond donors (Lipinski definition) is 1. The maximum atomic E-state index is 12.1. The summed E-state index contributed by atoms with van der Waals surface area (Å²) in [7, 11) is 0. The number of aryl methyl sites for hydroxylation is 1. The number of thiazole rings is 1. The van der Waals surface area contributed by atoms with E-state index < -0.39 is 0 Å². The van der Waals surface area contributed by atoms with Crippen LogP contribution in [-0.4, -0.2) is 20.4 Å². The average Bonchev–Trinajstić information content (AvgIpc) is 3.40. The molecule has 0 bridgehead atoms. The zero-order valence-corrected chi connectivity index (χ0v) is 17.1. The third-order valence-electron chi connectivity index (χ3n) is 4.82. The van der Waals surface area contributed by atoms with Crippen molar-refractivity contribution < 1.29 is 4.79 Å². The molecule has 0 aliphatic rings. The van der Waals surface area contributed by atoms with Crippen LogP contribution in [0.4, 0.5) is 0 Å². The quantitative estimate of drug-likeness (QED) is 0.416. The minimum absolute atomic E-state index is 0.108. The van der Waals surface area contributed by atoms with Crippen LogP contribution in [-0.2, 0) is 24.3 Å². The van der Waals surface area contributed by atoms with E-state index in [1.54, 1.807) is 17.5 Å². The fourth-order valence-electron chi connectivity index (χ4n) is 3.23. The molecule has 4 rings (SSSR count). The molecule has 0 saturated carbocycles. The van der Waals surface area contributed by atoms with Gasteiger partial charge in [-0.05, 0) is 42.5 Å². The summed E-state index contributed by atoms with van der Waals surface area (Å²) in [5, 5.41) is 4.17. The highest BCUT2D eigenvalue weighted by molar-refractivity contribution is 7.18. The molecule has 1 N–H and O–H groups in total. The van der Waals surface area contributed by atoms with Gasteiger partial charge in [-0.25, -0.2) is 9.97 Å². The number of carbonyl (C=O) groups excluding carboxylic acids is 1. The fourth-order valence-corrected chi connectivity index (χ4v) is 4.24. The van der Waals surface area contributed by atoms with Crippen molar-refractivity contribution in [2.45, 2.75) is 38.8 Å². The average molecular weight is 405 g/mol. The molecule has 2 heterocycles. The first-order valence-corrected chi connectivity index (χ1v) is 10.7. The second-order valence-electron chi connectivity index (χ2n) is 7.11. The van der Waals surface area contributed by atoms with Crippen molar-refractivity contribution in [2.24, 2.45) is 0 Å². The lowest BCUT2D eigenvalue weighted by Crippen LogP contribution is -2.22. The number of para-hydroxylation sites is 1. The molecule has 0 saturated heterocycles. The van der Waals surface area contributed by atoms with Crippen molar-refractivity contribution in [2.75, 3.05) is 0 Å². The molecule has 1 amide bonds. The van der Waals surface area contributed by atoms with Crippen LogP contribution in [0.25, 0.3) is 10.2 Å². The molecule has 2 aromatic carbocycles. The predicted molar refractivity (Wildman–Crippen MR) is 117 cm³/mol. The summed E-state index contributed by atoms with van der Waals surface area (Å²) in [5.41, 5.74) is 3.40. The molecule has 0 spiro atoms. The molecule has 0 aliphatic heterocycles. The first-order valence-electron chi connectivity index (χ1n) is 9.91. The van der Waals surface area contributed by atoms with Crippen LogP contribution in [0.15, 0.2) is 67.3 Å². The van der Waals surface area contributed by atoms with E-state index in [4.69, 9.17) is 0 Å². The maximum Gasteiger partial charge on any atom is 0.220 e. The lowest BCUT2D eigenvalue weighted by molar-refractivity contribution is -0.121. The van der Waals surface area contributed by atoms with Crippen LogP contribution in [0.5, 0.6) is 0 Å². The first-order chi connectivity index (χ1) is 14.3. The van der Waals surface area contributed by atoms with Crippen molar-refractivity contribution in [3.05, 3.63) is 83.4 Å². The van der Waals surface area contributed by atoms with Gasteiger partial charge < -0.3 is 9.88 Å². The first kappa shape index (κ1) is 19.3. The summed E-state index contributed by atoms with van der Waals surface area (Å²) >= 11 is 1.75. The Morgan fingerprint density at radius 1 is 1.03 bits per heavy atom. The molecule has 4 aromatic rings. The number of amides is 1. The fraction of sp³-hybridized carbons (Fsp3) is 0.261. The van der Waals surface area contributed by atoms with Gasteiger partial charge in [-0.2, -0.15) is 0 Å². The van der Waals surface area contributed by atoms with Gasteiger partial charge in [0.15, 0.2) is 0 Å². The van der Waals surface area contributed by atoms with Crippen LogP contribution in [0.2, 0.25) is 0 Å². The minimum Gasteiger partial charge on any atom is -0.352 e. The van der Waals surface area contributed by atoms with Gasteiger partial charge in [0.25, 0.3) is 0 Å². The van der Waals surface area contributed by atoms with Gasteiger partial charge in [0, 0.05) is 31.9 Å². The van der Waals surface area contributed by atoms with Crippen LogP contribution in [0, 0.1) is 0 Å². The monoisotopic (exact) mass is 404 g/mol. The number of aromatic nitrogens is 3. The smallest absolute Gasteiger partial charge is 0.220 e. The summed E-state index contributed by atoms with van der Waals surface area (Å²) in [5.74, 6) is 0.108. The molecule has 0 unspecified atom stereocenters. The highest BCUT2D eigenvalue weighted by Crippen LogP contribution is 2.22. The largest absolute Gasteiger partial charge is 0.352 e. The Morgan fingerprint density at radius 2 is 1.86 bits per heavy atom. The SMILES string of the molecule is O=C(CCCCc1nc2ccccc2s1)NCc1ccc(Cn2ccnc2)cc1. The van der Waals surface area contributed by atoms with Crippen LogP contribution < -0.4 is 5.32 Å². The summed E-state index contributed by atoms with van der Waals surface area (Å²) in [6.45, 7) is 1.38. The van der Waals surface area contributed by atoms with Crippen molar-refractivity contribution in [1.29, 1.82) is 0 Å². The Balaban J connectivity index is 1.15. The van der Waals surface area contributed by atoms with Crippen LogP contribution >= 0.6 is 11.3 Å². The predicted octanol–water partition coefficient (Wildman–Crippen LogP) is 4.57. The van der Waals surface area contributed by atoms with Crippen molar-refractivity contribution in [3.8, 4) is 0 Å². The molecule has 2 aromatic heterocycles. The van der Waals surface area contributed by atoms with Gasteiger partial charge >= 0.3 is 0 Å². The Morgan fingerprint density at radius 3 is 2.66 bits per heavy atom. The molecular formula is C23H24N4OS. The highest BCUT2D eigenvalue weighted by Gasteiger charge is 2.05. The number of unbranched alkanes of at least 4 members (excludes halogenated alkanes) is 1. The number of fused-ring (bicyclic) bond motifs is 1. The zero-order chi connectivity index (χ0) is 19.9. The summed E-state index contributed by atoms with van der Waals surface area (Å²) in [6.07, 6.45) is 8.90. The Bertz CT molecular complexity index is 1020. The number of imidazole rings is 1. The van der Waals surface area contributed by atoms with Gasteiger partial charge in [-0.1, -0.05) is 36.4 Å². The zero-order valence-electron chi connectivity index (χ0n) is 16.3. The highest BCUT2D eigenvalue weighted by atomic mass is 32.1. The Hall–Kier alpha value is -2.99. The molecule has 148 valence electrons. The topological polar surface area (TPSA) is 59.8 Å². The van der Waals surface area contributed by atoms with Crippen LogP contribution in [0.3, 0.4) is 0 Å². The number of nitrogens with zero attached hydrogens (tertiary/aromatic N) is 3. The summed E-state index contributed by atoms with van der Waals surface area (Å²) < 4.78 is 3.27. The Labute approximate surface area is 174 Å².